The average molecular weight is 596 g/mol. The van der Waals surface area contributed by atoms with Crippen LogP contribution in [0.1, 0.15) is 59.0 Å². The van der Waals surface area contributed by atoms with Crippen LogP contribution in [0.25, 0.3) is 5.00 Å². The Morgan fingerprint density at radius 3 is 2.19 bits per heavy atom. The molecule has 2 fully saturated rings. The Morgan fingerprint density at radius 1 is 0.837 bits per heavy atom. The first-order valence-corrected chi connectivity index (χ1v) is 16.3. The fraction of sp³-hybridized carbons (Fsp3) is 0.441. The highest BCUT2D eigenvalue weighted by atomic mass is 32.1. The highest BCUT2D eigenvalue weighted by Crippen LogP contribution is 2.39. The lowest BCUT2D eigenvalue weighted by molar-refractivity contribution is -0.0173. The van der Waals surface area contributed by atoms with Gasteiger partial charge in [0.1, 0.15) is 16.9 Å². The number of para-hydroxylation sites is 1. The van der Waals surface area contributed by atoms with Gasteiger partial charge < -0.3 is 14.9 Å². The number of aliphatic hydroxyl groups is 1. The van der Waals surface area contributed by atoms with Gasteiger partial charge in [0.05, 0.1) is 11.3 Å². The molecule has 5 heterocycles. The van der Waals surface area contributed by atoms with Gasteiger partial charge in [0.15, 0.2) is 5.82 Å². The summed E-state index contributed by atoms with van der Waals surface area (Å²) in [7, 11) is 0. The number of hydrogen-bond acceptors (Lipinski definition) is 8. The van der Waals surface area contributed by atoms with Crippen LogP contribution in [0.4, 0.5) is 11.4 Å². The molecule has 3 aliphatic heterocycles. The van der Waals surface area contributed by atoms with E-state index < -0.39 is 5.60 Å². The van der Waals surface area contributed by atoms with Gasteiger partial charge in [-0.3, -0.25) is 14.5 Å². The SMILES string of the molecule is Cc1sc2c(c1C)C(c1ccc(N3CCC(O)(CN4CCN(c5ccccc5)CC4)CC3)cc1)=N[C@@H](C)c1nnc(C)n1-2. The predicted octanol–water partition coefficient (Wildman–Crippen LogP) is 5.32. The Kier molecular flexibility index (Phi) is 7.35. The molecule has 3 aliphatic rings. The van der Waals surface area contributed by atoms with Crippen molar-refractivity contribution in [2.75, 3.05) is 55.6 Å². The number of piperidine rings is 1. The maximum atomic E-state index is 11.5. The van der Waals surface area contributed by atoms with Gasteiger partial charge in [-0.15, -0.1) is 21.5 Å². The number of thiophene rings is 1. The van der Waals surface area contributed by atoms with Crippen molar-refractivity contribution < 1.29 is 5.11 Å². The number of aromatic nitrogens is 3. The molecule has 2 saturated heterocycles. The number of nitrogens with zero attached hydrogens (tertiary/aromatic N) is 7. The van der Waals surface area contributed by atoms with E-state index in [1.54, 1.807) is 11.3 Å². The lowest BCUT2D eigenvalue weighted by Crippen LogP contribution is -2.55. The number of aliphatic imine (C=N–C) groups is 1. The molecular formula is C34H41N7OS. The molecule has 8 nitrogen and oxygen atoms in total. The highest BCUT2D eigenvalue weighted by molar-refractivity contribution is 7.15. The van der Waals surface area contributed by atoms with Gasteiger partial charge in [0.2, 0.25) is 0 Å². The summed E-state index contributed by atoms with van der Waals surface area (Å²) >= 11 is 1.79. The Bertz CT molecular complexity index is 1630. The number of hydrogen-bond donors (Lipinski definition) is 1. The van der Waals surface area contributed by atoms with Crippen LogP contribution in [0.3, 0.4) is 0 Å². The summed E-state index contributed by atoms with van der Waals surface area (Å²) in [6.07, 6.45) is 1.57. The van der Waals surface area contributed by atoms with Gasteiger partial charge in [0.25, 0.3) is 0 Å². The maximum Gasteiger partial charge on any atom is 0.162 e. The molecule has 0 saturated carbocycles. The number of anilines is 2. The average Bonchev–Trinajstić information content (AvgIpc) is 3.51. The molecule has 0 aliphatic carbocycles. The third-order valence-electron chi connectivity index (χ3n) is 9.56. The van der Waals surface area contributed by atoms with Crippen LogP contribution < -0.4 is 9.80 Å². The molecule has 7 rings (SSSR count). The van der Waals surface area contributed by atoms with Gasteiger partial charge in [-0.1, -0.05) is 30.3 Å². The Hall–Kier alpha value is -3.53. The van der Waals surface area contributed by atoms with Crippen molar-refractivity contribution in [2.45, 2.75) is 52.2 Å². The molecular weight excluding hydrogens is 554 g/mol. The minimum atomic E-state index is -0.626. The third kappa shape index (κ3) is 5.28. The first-order chi connectivity index (χ1) is 20.8. The number of fused-ring (bicyclic) bond motifs is 3. The zero-order valence-corrected chi connectivity index (χ0v) is 26.4. The number of rotatable bonds is 5. The van der Waals surface area contributed by atoms with Gasteiger partial charge >= 0.3 is 0 Å². The molecule has 2 aromatic heterocycles. The molecule has 0 radical (unpaired) electrons. The molecule has 0 amide bonds. The van der Waals surface area contributed by atoms with Gasteiger partial charge in [-0.05, 0) is 70.4 Å². The predicted molar refractivity (Wildman–Crippen MR) is 175 cm³/mol. The van der Waals surface area contributed by atoms with E-state index in [1.807, 2.05) is 6.92 Å². The summed E-state index contributed by atoms with van der Waals surface area (Å²) in [5.41, 5.74) is 6.48. The van der Waals surface area contributed by atoms with E-state index in [4.69, 9.17) is 4.99 Å². The summed E-state index contributed by atoms with van der Waals surface area (Å²) in [4.78, 5) is 13.8. The topological polar surface area (TPSA) is 73.0 Å². The zero-order valence-electron chi connectivity index (χ0n) is 25.6. The van der Waals surface area contributed by atoms with Crippen LogP contribution in [0.15, 0.2) is 59.6 Å². The van der Waals surface area contributed by atoms with E-state index in [9.17, 15) is 5.11 Å². The summed E-state index contributed by atoms with van der Waals surface area (Å²) in [6.45, 7) is 15.0. The molecule has 2 aromatic carbocycles. The molecule has 0 unspecified atom stereocenters. The number of β-amino-alcohol motifs (C(OH)–C–C–N with tert-alkyl or cyclic N) is 1. The Labute approximate surface area is 258 Å². The summed E-state index contributed by atoms with van der Waals surface area (Å²) in [6, 6.07) is 19.4. The van der Waals surface area contributed by atoms with Gasteiger partial charge in [0, 0.05) is 73.2 Å². The monoisotopic (exact) mass is 595 g/mol. The zero-order chi connectivity index (χ0) is 29.7. The molecule has 4 aromatic rings. The van der Waals surface area contributed by atoms with E-state index in [0.29, 0.717) is 0 Å². The second-order valence-electron chi connectivity index (χ2n) is 12.4. The molecule has 1 N–H and O–H groups in total. The van der Waals surface area contributed by atoms with E-state index in [-0.39, 0.29) is 6.04 Å². The van der Waals surface area contributed by atoms with E-state index in [1.165, 1.54) is 27.4 Å². The first-order valence-electron chi connectivity index (χ1n) is 15.5. The largest absolute Gasteiger partial charge is 0.388 e. The van der Waals surface area contributed by atoms with Crippen LogP contribution >= 0.6 is 11.3 Å². The minimum absolute atomic E-state index is 0.0868. The van der Waals surface area contributed by atoms with Crippen molar-refractivity contribution in [3.8, 4) is 5.00 Å². The third-order valence-corrected chi connectivity index (χ3v) is 10.8. The maximum absolute atomic E-state index is 11.5. The summed E-state index contributed by atoms with van der Waals surface area (Å²) < 4.78 is 2.19. The minimum Gasteiger partial charge on any atom is -0.388 e. The second-order valence-corrected chi connectivity index (χ2v) is 13.6. The molecule has 0 bridgehead atoms. The van der Waals surface area contributed by atoms with Crippen molar-refractivity contribution in [2.24, 2.45) is 4.99 Å². The molecule has 224 valence electrons. The highest BCUT2D eigenvalue weighted by Gasteiger charge is 2.35. The van der Waals surface area contributed by atoms with Gasteiger partial charge in [-0.25, -0.2) is 0 Å². The molecule has 0 spiro atoms. The standard InChI is InChI=1S/C34H41N7OS/c1-23-25(3)43-33-30(23)31(35-24(2)32-37-36-26(4)41(32)33)27-10-12-29(13-11-27)39-16-14-34(42,15-17-39)22-38-18-20-40(21-19-38)28-8-6-5-7-9-28/h5-13,24,42H,14-22H2,1-4H3/t24-/m0/s1. The smallest absolute Gasteiger partial charge is 0.162 e. The fourth-order valence-corrected chi connectivity index (χ4v) is 8.08. The lowest BCUT2D eigenvalue weighted by Gasteiger charge is -2.44. The quantitative estimate of drug-likeness (QED) is 0.337. The summed E-state index contributed by atoms with van der Waals surface area (Å²) in [5, 5.41) is 21.5. The van der Waals surface area contributed by atoms with Gasteiger partial charge in [-0.2, -0.15) is 0 Å². The Balaban J connectivity index is 1.02. The van der Waals surface area contributed by atoms with Crippen LogP contribution in [0.2, 0.25) is 0 Å². The van der Waals surface area contributed by atoms with Crippen molar-refractivity contribution in [1.29, 1.82) is 0 Å². The van der Waals surface area contributed by atoms with Crippen molar-refractivity contribution in [3.05, 3.63) is 87.8 Å². The van der Waals surface area contributed by atoms with Crippen LogP contribution in [-0.4, -0.2) is 81.9 Å². The number of piperazine rings is 1. The Morgan fingerprint density at radius 2 is 1.49 bits per heavy atom. The summed E-state index contributed by atoms with van der Waals surface area (Å²) in [5.74, 6) is 1.79. The van der Waals surface area contributed by atoms with Crippen LogP contribution in [-0.2, 0) is 0 Å². The first kappa shape index (κ1) is 28.3. The van der Waals surface area contributed by atoms with Crippen molar-refractivity contribution in [1.82, 2.24) is 19.7 Å². The van der Waals surface area contributed by atoms with Crippen molar-refractivity contribution >= 4 is 28.4 Å². The lowest BCUT2D eigenvalue weighted by atomic mass is 9.90. The molecule has 43 heavy (non-hydrogen) atoms. The van der Waals surface area contributed by atoms with E-state index >= 15 is 0 Å². The fourth-order valence-electron chi connectivity index (χ4n) is 6.87. The van der Waals surface area contributed by atoms with Crippen LogP contribution in [0.5, 0.6) is 0 Å². The number of benzene rings is 2. The normalized spacial score (nSPS) is 20.4. The van der Waals surface area contributed by atoms with Crippen LogP contribution in [0, 0.1) is 20.8 Å². The molecule has 9 heteroatoms. The van der Waals surface area contributed by atoms with E-state index in [0.717, 1.165) is 86.6 Å². The second kappa shape index (κ2) is 11.2. The number of aryl methyl sites for hydroxylation is 2. The van der Waals surface area contributed by atoms with Crippen molar-refractivity contribution in [3.63, 3.8) is 0 Å². The molecule has 1 atom stereocenters. The van der Waals surface area contributed by atoms with E-state index in [2.05, 4.69) is 105 Å².